The van der Waals surface area contributed by atoms with Gasteiger partial charge in [0.2, 0.25) is 0 Å². The van der Waals surface area contributed by atoms with Gasteiger partial charge in [-0.2, -0.15) is 0 Å². The Morgan fingerprint density at radius 3 is 2.54 bits per heavy atom. The molecule has 2 aromatic carbocycles. The number of anilines is 1. The Bertz CT molecular complexity index is 751. The van der Waals surface area contributed by atoms with E-state index >= 15 is 0 Å². The van der Waals surface area contributed by atoms with Crippen molar-refractivity contribution >= 4 is 17.7 Å². The maximum absolute atomic E-state index is 12.1. The second-order valence-corrected chi connectivity index (χ2v) is 5.55. The Morgan fingerprint density at radius 2 is 1.88 bits per heavy atom. The van der Waals surface area contributed by atoms with Crippen LogP contribution >= 0.6 is 0 Å². The lowest BCUT2D eigenvalue weighted by molar-refractivity contribution is -0.118. The molecule has 4 nitrogen and oxygen atoms in total. The van der Waals surface area contributed by atoms with E-state index in [2.05, 4.69) is 5.32 Å². The highest BCUT2D eigenvalue weighted by molar-refractivity contribution is 5.92. The van der Waals surface area contributed by atoms with Crippen molar-refractivity contribution in [2.45, 2.75) is 20.8 Å². The van der Waals surface area contributed by atoms with Gasteiger partial charge < -0.3 is 14.8 Å². The molecule has 0 spiro atoms. The number of benzene rings is 2. The molecule has 2 aromatic rings. The molecule has 0 unspecified atom stereocenters. The van der Waals surface area contributed by atoms with Crippen LogP contribution in [0.3, 0.4) is 0 Å². The summed E-state index contributed by atoms with van der Waals surface area (Å²) >= 11 is 0. The monoisotopic (exact) mass is 325 g/mol. The third kappa shape index (κ3) is 4.62. The summed E-state index contributed by atoms with van der Waals surface area (Å²) in [6.45, 7) is 5.92. The first kappa shape index (κ1) is 17.6. The maximum Gasteiger partial charge on any atom is 0.262 e. The molecule has 0 saturated carbocycles. The van der Waals surface area contributed by atoms with Crippen molar-refractivity contribution in [1.82, 2.24) is 0 Å². The highest BCUT2D eigenvalue weighted by atomic mass is 16.5. The molecule has 0 aliphatic heterocycles. The van der Waals surface area contributed by atoms with Crippen LogP contribution in [0, 0.1) is 13.8 Å². The van der Waals surface area contributed by atoms with E-state index in [1.54, 1.807) is 13.2 Å². The Hall–Kier alpha value is -2.75. The number of rotatable bonds is 6. The summed E-state index contributed by atoms with van der Waals surface area (Å²) < 4.78 is 10.9. The normalized spacial score (nSPS) is 10.7. The van der Waals surface area contributed by atoms with Crippen LogP contribution in [0.1, 0.15) is 23.6 Å². The van der Waals surface area contributed by atoms with Crippen LogP contribution in [0.2, 0.25) is 0 Å². The average molecular weight is 325 g/mol. The van der Waals surface area contributed by atoms with Crippen LogP contribution in [0.4, 0.5) is 5.69 Å². The van der Waals surface area contributed by atoms with Crippen molar-refractivity contribution in [1.29, 1.82) is 0 Å². The predicted octanol–water partition coefficient (Wildman–Crippen LogP) is 4.36. The van der Waals surface area contributed by atoms with Crippen LogP contribution in [-0.2, 0) is 4.79 Å². The number of carbonyl (C=O) groups excluding carboxylic acids is 1. The average Bonchev–Trinajstić information content (AvgIpc) is 2.57. The molecule has 1 amide bonds. The number of aryl methyl sites for hydroxylation is 2. The Balaban J connectivity index is 1.99. The molecule has 126 valence electrons. The van der Waals surface area contributed by atoms with Crippen molar-refractivity contribution in [3.8, 4) is 11.5 Å². The first-order valence-electron chi connectivity index (χ1n) is 7.84. The lowest BCUT2D eigenvalue weighted by Gasteiger charge is -2.12. The summed E-state index contributed by atoms with van der Waals surface area (Å²) in [6.07, 6.45) is 3.92. The first-order chi connectivity index (χ1) is 11.5. The Morgan fingerprint density at radius 1 is 1.08 bits per heavy atom. The molecule has 0 fully saturated rings. The summed E-state index contributed by atoms with van der Waals surface area (Å²) in [5.74, 6) is 0.934. The van der Waals surface area contributed by atoms with E-state index in [0.29, 0.717) is 11.5 Å². The second kappa shape index (κ2) is 8.20. The number of hydrogen-bond donors (Lipinski definition) is 1. The third-order valence-electron chi connectivity index (χ3n) is 3.70. The van der Waals surface area contributed by atoms with Gasteiger partial charge in [0, 0.05) is 5.69 Å². The van der Waals surface area contributed by atoms with Crippen LogP contribution in [0.15, 0.2) is 42.5 Å². The molecule has 4 heteroatoms. The number of amides is 1. The molecular formula is C20H23NO3. The Labute approximate surface area is 143 Å². The van der Waals surface area contributed by atoms with Gasteiger partial charge in [-0.3, -0.25) is 4.79 Å². The number of carbonyl (C=O) groups is 1. The van der Waals surface area contributed by atoms with Crippen molar-refractivity contribution in [3.63, 3.8) is 0 Å². The summed E-state index contributed by atoms with van der Waals surface area (Å²) in [7, 11) is 1.58. The van der Waals surface area contributed by atoms with E-state index in [1.165, 1.54) is 5.56 Å². The van der Waals surface area contributed by atoms with Gasteiger partial charge >= 0.3 is 0 Å². The molecule has 2 rings (SSSR count). The fourth-order valence-electron chi connectivity index (χ4n) is 2.26. The smallest absolute Gasteiger partial charge is 0.262 e. The predicted molar refractivity (Wildman–Crippen MR) is 97.7 cm³/mol. The van der Waals surface area contributed by atoms with Gasteiger partial charge in [-0.25, -0.2) is 0 Å². The minimum Gasteiger partial charge on any atom is -0.493 e. The summed E-state index contributed by atoms with van der Waals surface area (Å²) in [5, 5.41) is 2.83. The van der Waals surface area contributed by atoms with Gasteiger partial charge in [-0.05, 0) is 61.7 Å². The molecular weight excluding hydrogens is 302 g/mol. The zero-order chi connectivity index (χ0) is 17.5. The van der Waals surface area contributed by atoms with Crippen molar-refractivity contribution in [2.75, 3.05) is 19.0 Å². The topological polar surface area (TPSA) is 47.6 Å². The van der Waals surface area contributed by atoms with Gasteiger partial charge in [-0.1, -0.05) is 24.3 Å². The largest absolute Gasteiger partial charge is 0.493 e. The van der Waals surface area contributed by atoms with E-state index in [-0.39, 0.29) is 12.5 Å². The second-order valence-electron chi connectivity index (χ2n) is 5.55. The van der Waals surface area contributed by atoms with Crippen molar-refractivity contribution in [2.24, 2.45) is 0 Å². The van der Waals surface area contributed by atoms with Crippen molar-refractivity contribution < 1.29 is 14.3 Å². The number of methoxy groups -OCH3 is 1. The van der Waals surface area contributed by atoms with Gasteiger partial charge in [0.25, 0.3) is 5.91 Å². The van der Waals surface area contributed by atoms with E-state index in [1.807, 2.05) is 63.3 Å². The summed E-state index contributed by atoms with van der Waals surface area (Å²) in [6, 6.07) is 11.4. The maximum atomic E-state index is 12.1. The SMILES string of the molecule is C/C=C/c1ccc(OCC(=O)Nc2ccc(C)c(C)c2)c(OC)c1. The molecule has 0 saturated heterocycles. The zero-order valence-electron chi connectivity index (χ0n) is 14.6. The minimum absolute atomic E-state index is 0.0771. The van der Waals surface area contributed by atoms with Gasteiger partial charge in [-0.15, -0.1) is 0 Å². The van der Waals surface area contributed by atoms with Crippen LogP contribution < -0.4 is 14.8 Å². The molecule has 0 heterocycles. The lowest BCUT2D eigenvalue weighted by atomic mass is 10.1. The van der Waals surface area contributed by atoms with Crippen LogP contribution in [-0.4, -0.2) is 19.6 Å². The number of ether oxygens (including phenoxy) is 2. The molecule has 24 heavy (non-hydrogen) atoms. The first-order valence-corrected chi connectivity index (χ1v) is 7.84. The molecule has 0 radical (unpaired) electrons. The molecule has 0 aromatic heterocycles. The van der Waals surface area contributed by atoms with E-state index in [0.717, 1.165) is 16.8 Å². The highest BCUT2D eigenvalue weighted by Gasteiger charge is 2.09. The van der Waals surface area contributed by atoms with Crippen molar-refractivity contribution in [3.05, 3.63) is 59.2 Å². The highest BCUT2D eigenvalue weighted by Crippen LogP contribution is 2.28. The van der Waals surface area contributed by atoms with Crippen LogP contribution in [0.25, 0.3) is 6.08 Å². The fraction of sp³-hybridized carbons (Fsp3) is 0.250. The fourth-order valence-corrected chi connectivity index (χ4v) is 2.26. The molecule has 0 atom stereocenters. The quantitative estimate of drug-likeness (QED) is 0.858. The standard InChI is InChI=1S/C20H23NO3/c1-5-6-16-8-10-18(19(12-16)23-4)24-13-20(22)21-17-9-7-14(2)15(3)11-17/h5-12H,13H2,1-4H3,(H,21,22)/b6-5+. The Kier molecular flexibility index (Phi) is 6.01. The summed E-state index contributed by atoms with van der Waals surface area (Å²) in [4.78, 5) is 12.1. The number of nitrogens with one attached hydrogen (secondary N) is 1. The van der Waals surface area contributed by atoms with Gasteiger partial charge in [0.05, 0.1) is 7.11 Å². The van der Waals surface area contributed by atoms with Crippen LogP contribution in [0.5, 0.6) is 11.5 Å². The molecule has 1 N–H and O–H groups in total. The molecule has 0 bridgehead atoms. The van der Waals surface area contributed by atoms with E-state index in [4.69, 9.17) is 9.47 Å². The van der Waals surface area contributed by atoms with Gasteiger partial charge in [0.1, 0.15) is 0 Å². The third-order valence-corrected chi connectivity index (χ3v) is 3.70. The van der Waals surface area contributed by atoms with Gasteiger partial charge in [0.15, 0.2) is 18.1 Å². The minimum atomic E-state index is -0.210. The van der Waals surface area contributed by atoms with E-state index < -0.39 is 0 Å². The zero-order valence-corrected chi connectivity index (χ0v) is 14.6. The summed E-state index contributed by atoms with van der Waals surface area (Å²) in [5.41, 5.74) is 4.11. The molecule has 0 aliphatic rings. The number of hydrogen-bond acceptors (Lipinski definition) is 3. The lowest BCUT2D eigenvalue weighted by Crippen LogP contribution is -2.20. The van der Waals surface area contributed by atoms with E-state index in [9.17, 15) is 4.79 Å². The number of allylic oxidation sites excluding steroid dienone is 1. The molecule has 0 aliphatic carbocycles.